The lowest BCUT2D eigenvalue weighted by atomic mass is 9.95. The van der Waals surface area contributed by atoms with Crippen LogP contribution in [0.4, 0.5) is 0 Å². The molecule has 8 nitrogen and oxygen atoms in total. The van der Waals surface area contributed by atoms with Gasteiger partial charge in [0.1, 0.15) is 11.8 Å². The highest BCUT2D eigenvalue weighted by Crippen LogP contribution is 2.36. The van der Waals surface area contributed by atoms with Gasteiger partial charge >= 0.3 is 5.97 Å². The number of aromatic hydroxyl groups is 1. The van der Waals surface area contributed by atoms with Crippen LogP contribution in [0.3, 0.4) is 0 Å². The van der Waals surface area contributed by atoms with Crippen LogP contribution < -0.4 is 24.4 Å². The molecule has 9 heteroatoms. The number of phenolic OH excluding ortho intramolecular Hbond substituents is 1. The topological polar surface area (TPSA) is 99.4 Å². The number of rotatable bonds is 9. The summed E-state index contributed by atoms with van der Waals surface area (Å²) in [6, 6.07) is 10.0. The first-order valence-corrected chi connectivity index (χ1v) is 13.5. The van der Waals surface area contributed by atoms with Gasteiger partial charge in [-0.3, -0.25) is 9.36 Å². The van der Waals surface area contributed by atoms with Gasteiger partial charge in [-0.15, -0.1) is 6.58 Å². The SMILES string of the molecule is C=CCc1cc(/C=c2/sc3n(c2=O)C(c2ccccc2OC(C)C)C(C(=O)OCC)=C(C)N=3)cc(OC)c1O. The summed E-state index contributed by atoms with van der Waals surface area (Å²) in [5.41, 5.74) is 2.42. The van der Waals surface area contributed by atoms with Crippen molar-refractivity contribution in [3.05, 3.63) is 96.7 Å². The molecular formula is C30H32N2O6S. The van der Waals surface area contributed by atoms with Gasteiger partial charge < -0.3 is 19.3 Å². The van der Waals surface area contributed by atoms with E-state index in [4.69, 9.17) is 14.2 Å². The van der Waals surface area contributed by atoms with Crippen LogP contribution in [0.1, 0.15) is 50.4 Å². The van der Waals surface area contributed by atoms with Crippen LogP contribution in [0.25, 0.3) is 6.08 Å². The van der Waals surface area contributed by atoms with Gasteiger partial charge in [-0.1, -0.05) is 35.6 Å². The molecule has 0 saturated heterocycles. The third-order valence-corrected chi connectivity index (χ3v) is 7.13. The maximum atomic E-state index is 14.0. The van der Waals surface area contributed by atoms with Gasteiger partial charge in [0.25, 0.3) is 5.56 Å². The van der Waals surface area contributed by atoms with E-state index < -0.39 is 12.0 Å². The summed E-state index contributed by atoms with van der Waals surface area (Å²) in [7, 11) is 1.47. The van der Waals surface area contributed by atoms with Gasteiger partial charge in [0.2, 0.25) is 0 Å². The van der Waals surface area contributed by atoms with Crippen molar-refractivity contribution in [1.82, 2.24) is 4.57 Å². The lowest BCUT2D eigenvalue weighted by Crippen LogP contribution is -2.40. The van der Waals surface area contributed by atoms with Crippen LogP contribution >= 0.6 is 11.3 Å². The molecule has 2 aromatic carbocycles. The Labute approximate surface area is 230 Å². The van der Waals surface area contributed by atoms with Crippen LogP contribution in [0.5, 0.6) is 17.2 Å². The van der Waals surface area contributed by atoms with Crippen molar-refractivity contribution in [2.75, 3.05) is 13.7 Å². The van der Waals surface area contributed by atoms with E-state index in [2.05, 4.69) is 11.6 Å². The van der Waals surface area contributed by atoms with Crippen molar-refractivity contribution in [2.24, 2.45) is 4.99 Å². The Bertz CT molecular complexity index is 1630. The van der Waals surface area contributed by atoms with Crippen LogP contribution in [-0.4, -0.2) is 35.5 Å². The number of benzene rings is 2. The molecule has 0 aliphatic carbocycles. The van der Waals surface area contributed by atoms with Crippen LogP contribution in [-0.2, 0) is 16.0 Å². The quantitative estimate of drug-likeness (QED) is 0.320. The van der Waals surface area contributed by atoms with E-state index in [1.807, 2.05) is 38.1 Å². The number of carbonyl (C=O) groups excluding carboxylic acids is 1. The Morgan fingerprint density at radius 3 is 2.67 bits per heavy atom. The molecule has 0 amide bonds. The molecule has 0 radical (unpaired) electrons. The number of para-hydroxylation sites is 1. The number of nitrogens with zero attached hydrogens (tertiary/aromatic N) is 2. The average Bonchev–Trinajstić information content (AvgIpc) is 3.19. The number of fused-ring (bicyclic) bond motifs is 1. The zero-order valence-corrected chi connectivity index (χ0v) is 23.5. The summed E-state index contributed by atoms with van der Waals surface area (Å²) in [5, 5.41) is 10.5. The summed E-state index contributed by atoms with van der Waals surface area (Å²) < 4.78 is 18.8. The number of aromatic nitrogens is 1. The second-order valence-corrected chi connectivity index (χ2v) is 10.2. The number of hydrogen-bond acceptors (Lipinski definition) is 8. The highest BCUT2D eigenvalue weighted by atomic mass is 32.1. The highest BCUT2D eigenvalue weighted by Gasteiger charge is 2.35. The molecule has 1 N–H and O–H groups in total. The minimum absolute atomic E-state index is 0.0347. The maximum absolute atomic E-state index is 14.0. The van der Waals surface area contributed by atoms with Crippen LogP contribution in [0, 0.1) is 0 Å². The molecule has 4 rings (SSSR count). The van der Waals surface area contributed by atoms with E-state index in [0.717, 1.165) is 0 Å². The predicted molar refractivity (Wildman–Crippen MR) is 151 cm³/mol. The molecule has 0 saturated carbocycles. The summed E-state index contributed by atoms with van der Waals surface area (Å²) in [6.07, 6.45) is 3.73. The molecule has 39 heavy (non-hydrogen) atoms. The molecule has 1 unspecified atom stereocenters. The Kier molecular flexibility index (Phi) is 8.40. The fraction of sp³-hybridized carbons (Fsp3) is 0.300. The van der Waals surface area contributed by atoms with E-state index in [0.29, 0.717) is 49.6 Å². The largest absolute Gasteiger partial charge is 0.504 e. The molecule has 1 aliphatic heterocycles. The third kappa shape index (κ3) is 5.54. The molecule has 2 heterocycles. The highest BCUT2D eigenvalue weighted by molar-refractivity contribution is 7.07. The second kappa shape index (κ2) is 11.7. The van der Waals surface area contributed by atoms with E-state index in [1.165, 1.54) is 23.0 Å². The van der Waals surface area contributed by atoms with E-state index >= 15 is 0 Å². The molecule has 204 valence electrons. The Balaban J connectivity index is 1.98. The minimum atomic E-state index is -0.789. The van der Waals surface area contributed by atoms with Crippen molar-refractivity contribution in [3.8, 4) is 17.2 Å². The number of methoxy groups -OCH3 is 1. The molecule has 1 atom stereocenters. The minimum Gasteiger partial charge on any atom is -0.504 e. The van der Waals surface area contributed by atoms with Gasteiger partial charge in [-0.25, -0.2) is 9.79 Å². The Hall–Kier alpha value is -4.11. The third-order valence-electron chi connectivity index (χ3n) is 6.15. The number of phenols is 1. The van der Waals surface area contributed by atoms with Gasteiger partial charge in [0.15, 0.2) is 16.3 Å². The van der Waals surface area contributed by atoms with Gasteiger partial charge in [0, 0.05) is 11.1 Å². The second-order valence-electron chi connectivity index (χ2n) is 9.23. The van der Waals surface area contributed by atoms with Gasteiger partial charge in [-0.05, 0) is 64.0 Å². The summed E-state index contributed by atoms with van der Waals surface area (Å²) >= 11 is 1.22. The number of carbonyl (C=O) groups is 1. The summed E-state index contributed by atoms with van der Waals surface area (Å²) in [6.45, 7) is 11.3. The zero-order valence-electron chi connectivity index (χ0n) is 22.7. The van der Waals surface area contributed by atoms with Crippen molar-refractivity contribution >= 4 is 23.4 Å². The normalized spacial score (nSPS) is 15.1. The molecule has 0 bridgehead atoms. The fourth-order valence-corrected chi connectivity index (χ4v) is 5.59. The van der Waals surface area contributed by atoms with E-state index in [9.17, 15) is 14.7 Å². The summed E-state index contributed by atoms with van der Waals surface area (Å²) in [5.74, 6) is 0.370. The first-order valence-electron chi connectivity index (χ1n) is 12.7. The zero-order chi connectivity index (χ0) is 28.3. The van der Waals surface area contributed by atoms with Crippen molar-refractivity contribution < 1.29 is 24.1 Å². The van der Waals surface area contributed by atoms with Crippen molar-refractivity contribution in [1.29, 1.82) is 0 Å². The van der Waals surface area contributed by atoms with Crippen molar-refractivity contribution in [3.63, 3.8) is 0 Å². The number of ether oxygens (including phenoxy) is 3. The molecule has 1 aromatic heterocycles. The molecular weight excluding hydrogens is 516 g/mol. The molecule has 3 aromatic rings. The first kappa shape index (κ1) is 27.9. The fourth-order valence-electron chi connectivity index (χ4n) is 4.54. The molecule has 1 aliphatic rings. The van der Waals surface area contributed by atoms with Crippen LogP contribution in [0.15, 0.2) is 70.1 Å². The monoisotopic (exact) mass is 548 g/mol. The Morgan fingerprint density at radius 2 is 2.00 bits per heavy atom. The number of hydrogen-bond donors (Lipinski definition) is 1. The molecule has 0 fully saturated rings. The van der Waals surface area contributed by atoms with Crippen LogP contribution in [0.2, 0.25) is 0 Å². The lowest BCUT2D eigenvalue weighted by Gasteiger charge is -2.26. The van der Waals surface area contributed by atoms with E-state index in [-0.39, 0.29) is 29.6 Å². The smallest absolute Gasteiger partial charge is 0.338 e. The summed E-state index contributed by atoms with van der Waals surface area (Å²) in [4.78, 5) is 32.3. The number of thiazole rings is 1. The van der Waals surface area contributed by atoms with Crippen molar-refractivity contribution in [2.45, 2.75) is 46.3 Å². The Morgan fingerprint density at radius 1 is 1.26 bits per heavy atom. The maximum Gasteiger partial charge on any atom is 0.338 e. The van der Waals surface area contributed by atoms with E-state index in [1.54, 1.807) is 38.1 Å². The lowest BCUT2D eigenvalue weighted by molar-refractivity contribution is -0.139. The van der Waals surface area contributed by atoms with Gasteiger partial charge in [-0.2, -0.15) is 0 Å². The van der Waals surface area contributed by atoms with Gasteiger partial charge in [0.05, 0.1) is 35.6 Å². The average molecular weight is 549 g/mol. The first-order chi connectivity index (χ1) is 18.7. The molecule has 0 spiro atoms. The number of allylic oxidation sites excluding steroid dienone is 2. The number of esters is 1. The standard InChI is InChI=1S/C30H32N2O6S/c1-7-11-20-14-19(15-23(36-6)27(20)33)16-24-28(34)32-26(21-12-9-10-13-22(21)38-17(3)4)25(29(35)37-8-2)18(5)31-30(32)39-24/h7,9-10,12-17,26,33H,1,8,11H2,2-6H3/b24-16+. The predicted octanol–water partition coefficient (Wildman–Crippen LogP) is 4.03.